The molecule has 0 saturated carbocycles. The second-order valence-electron chi connectivity index (χ2n) is 4.82. The first-order chi connectivity index (χ1) is 10.5. The van der Waals surface area contributed by atoms with E-state index in [-0.39, 0.29) is 24.3 Å². The SMILES string of the molecule is COCc1cc(C)n(Cc2c(Cl)cccc2Cl)c(=O)c1C#N. The Morgan fingerprint density at radius 3 is 2.50 bits per heavy atom. The molecule has 0 saturated heterocycles. The predicted molar refractivity (Wildman–Crippen MR) is 86.4 cm³/mol. The number of hydrogen-bond acceptors (Lipinski definition) is 3. The van der Waals surface area contributed by atoms with Gasteiger partial charge < -0.3 is 9.30 Å². The lowest BCUT2D eigenvalue weighted by molar-refractivity contribution is 0.184. The molecule has 0 spiro atoms. The van der Waals surface area contributed by atoms with Crippen LogP contribution in [-0.2, 0) is 17.9 Å². The fourth-order valence-electron chi connectivity index (χ4n) is 2.26. The first-order valence-corrected chi connectivity index (χ1v) is 7.30. The molecule has 0 unspecified atom stereocenters. The molecule has 4 nitrogen and oxygen atoms in total. The summed E-state index contributed by atoms with van der Waals surface area (Å²) in [4.78, 5) is 12.5. The Morgan fingerprint density at radius 2 is 1.95 bits per heavy atom. The van der Waals surface area contributed by atoms with E-state index >= 15 is 0 Å². The quantitative estimate of drug-likeness (QED) is 0.858. The Bertz CT molecular complexity index is 787. The van der Waals surface area contributed by atoms with Gasteiger partial charge in [0.1, 0.15) is 11.6 Å². The Labute approximate surface area is 138 Å². The zero-order valence-corrected chi connectivity index (χ0v) is 13.7. The molecule has 1 heterocycles. The molecule has 2 rings (SSSR count). The number of aromatic nitrogens is 1. The molecule has 0 aliphatic carbocycles. The summed E-state index contributed by atoms with van der Waals surface area (Å²) in [5.74, 6) is 0. The van der Waals surface area contributed by atoms with Gasteiger partial charge in [-0.25, -0.2) is 0 Å². The zero-order chi connectivity index (χ0) is 16.3. The molecule has 0 N–H and O–H groups in total. The fraction of sp³-hybridized carbons (Fsp3) is 0.250. The molecule has 1 aromatic carbocycles. The molecule has 1 aromatic heterocycles. The van der Waals surface area contributed by atoms with Gasteiger partial charge in [-0.3, -0.25) is 4.79 Å². The van der Waals surface area contributed by atoms with E-state index < -0.39 is 0 Å². The van der Waals surface area contributed by atoms with Crippen LogP contribution in [0.2, 0.25) is 10.0 Å². The molecule has 0 fully saturated rings. The van der Waals surface area contributed by atoms with Gasteiger partial charge in [0.15, 0.2) is 0 Å². The van der Waals surface area contributed by atoms with Crippen molar-refractivity contribution in [3.63, 3.8) is 0 Å². The van der Waals surface area contributed by atoms with Gasteiger partial charge in [0.2, 0.25) is 0 Å². The third kappa shape index (κ3) is 3.17. The molecule has 0 aliphatic rings. The van der Waals surface area contributed by atoms with E-state index in [1.807, 2.05) is 6.07 Å². The summed E-state index contributed by atoms with van der Waals surface area (Å²) >= 11 is 12.3. The van der Waals surface area contributed by atoms with E-state index in [0.29, 0.717) is 26.9 Å². The molecule has 0 bridgehead atoms. The molecule has 114 valence electrons. The van der Waals surface area contributed by atoms with Crippen molar-refractivity contribution in [2.45, 2.75) is 20.1 Å². The van der Waals surface area contributed by atoms with Gasteiger partial charge in [-0.2, -0.15) is 5.26 Å². The standard InChI is InChI=1S/C16H14Cl2N2O2/c1-10-6-11(9-22-2)12(7-19)16(21)20(10)8-13-14(17)4-3-5-15(13)18/h3-6H,8-9H2,1-2H3. The molecule has 0 atom stereocenters. The largest absolute Gasteiger partial charge is 0.380 e. The minimum Gasteiger partial charge on any atom is -0.380 e. The lowest BCUT2D eigenvalue weighted by Gasteiger charge is -2.15. The number of aryl methyl sites for hydroxylation is 1. The number of nitriles is 1. The minimum atomic E-state index is -0.370. The van der Waals surface area contributed by atoms with Gasteiger partial charge >= 0.3 is 0 Å². The average molecular weight is 337 g/mol. The lowest BCUT2D eigenvalue weighted by Crippen LogP contribution is -2.27. The number of pyridine rings is 1. The van der Waals surface area contributed by atoms with E-state index in [9.17, 15) is 10.1 Å². The fourth-order valence-corrected chi connectivity index (χ4v) is 2.78. The summed E-state index contributed by atoms with van der Waals surface area (Å²) in [6, 6.07) is 8.90. The molecule has 0 aliphatic heterocycles. The maximum absolute atomic E-state index is 12.5. The Morgan fingerprint density at radius 1 is 1.32 bits per heavy atom. The van der Waals surface area contributed by atoms with Crippen LogP contribution in [0.4, 0.5) is 0 Å². The molecular weight excluding hydrogens is 323 g/mol. The smallest absolute Gasteiger partial charge is 0.269 e. The van der Waals surface area contributed by atoms with E-state index in [4.69, 9.17) is 27.9 Å². The van der Waals surface area contributed by atoms with Crippen LogP contribution in [0.5, 0.6) is 0 Å². The minimum absolute atomic E-state index is 0.0793. The van der Waals surface area contributed by atoms with E-state index in [1.54, 1.807) is 31.2 Å². The van der Waals surface area contributed by atoms with E-state index in [0.717, 1.165) is 0 Å². The van der Waals surface area contributed by atoms with Crippen molar-refractivity contribution in [3.05, 3.63) is 67.0 Å². The summed E-state index contributed by atoms with van der Waals surface area (Å²) in [5.41, 5.74) is 1.65. The average Bonchev–Trinajstić information content (AvgIpc) is 2.46. The van der Waals surface area contributed by atoms with Crippen molar-refractivity contribution in [2.24, 2.45) is 0 Å². The summed E-state index contributed by atoms with van der Waals surface area (Å²) < 4.78 is 6.53. The number of rotatable bonds is 4. The summed E-state index contributed by atoms with van der Waals surface area (Å²) in [6.45, 7) is 2.23. The number of benzene rings is 1. The van der Waals surface area contributed by atoms with Crippen molar-refractivity contribution in [1.29, 1.82) is 5.26 Å². The van der Waals surface area contributed by atoms with Crippen molar-refractivity contribution < 1.29 is 4.74 Å². The van der Waals surface area contributed by atoms with Crippen molar-refractivity contribution in [3.8, 4) is 6.07 Å². The number of hydrogen-bond donors (Lipinski definition) is 0. The monoisotopic (exact) mass is 336 g/mol. The molecule has 6 heteroatoms. The summed E-state index contributed by atoms with van der Waals surface area (Å²) in [6.07, 6.45) is 0. The molecule has 0 radical (unpaired) electrons. The highest BCUT2D eigenvalue weighted by Gasteiger charge is 2.15. The zero-order valence-electron chi connectivity index (χ0n) is 12.2. The highest BCUT2D eigenvalue weighted by molar-refractivity contribution is 6.35. The molecular formula is C16H14Cl2N2O2. The van der Waals surface area contributed by atoms with Crippen molar-refractivity contribution >= 4 is 23.2 Å². The second-order valence-corrected chi connectivity index (χ2v) is 5.64. The van der Waals surface area contributed by atoms with Gasteiger partial charge in [0.25, 0.3) is 5.56 Å². The Kier molecular flexibility index (Phi) is 5.25. The van der Waals surface area contributed by atoms with Crippen LogP contribution in [0.25, 0.3) is 0 Å². The van der Waals surface area contributed by atoms with Crippen molar-refractivity contribution in [2.75, 3.05) is 7.11 Å². The lowest BCUT2D eigenvalue weighted by atomic mass is 10.1. The van der Waals surface area contributed by atoms with Gasteiger partial charge in [-0.1, -0.05) is 29.3 Å². The molecule has 2 aromatic rings. The number of nitrogens with zero attached hydrogens (tertiary/aromatic N) is 2. The van der Waals surface area contributed by atoms with Gasteiger partial charge in [-0.05, 0) is 25.1 Å². The highest BCUT2D eigenvalue weighted by Crippen LogP contribution is 2.25. The van der Waals surface area contributed by atoms with E-state index in [2.05, 4.69) is 0 Å². The Balaban J connectivity index is 2.58. The number of methoxy groups -OCH3 is 1. The predicted octanol–water partition coefficient (Wildman–Crippen LogP) is 3.53. The Hall–Kier alpha value is -1.80. The number of ether oxygens (including phenoxy) is 1. The third-order valence-electron chi connectivity index (χ3n) is 3.38. The van der Waals surface area contributed by atoms with Crippen LogP contribution in [0.15, 0.2) is 29.1 Å². The van der Waals surface area contributed by atoms with Crippen LogP contribution < -0.4 is 5.56 Å². The van der Waals surface area contributed by atoms with Crippen LogP contribution in [0.3, 0.4) is 0 Å². The maximum Gasteiger partial charge on any atom is 0.269 e. The van der Waals surface area contributed by atoms with Gasteiger partial charge in [0.05, 0.1) is 13.2 Å². The highest BCUT2D eigenvalue weighted by atomic mass is 35.5. The first-order valence-electron chi connectivity index (χ1n) is 6.54. The van der Waals surface area contributed by atoms with Gasteiger partial charge in [-0.15, -0.1) is 0 Å². The van der Waals surface area contributed by atoms with Crippen LogP contribution in [-0.4, -0.2) is 11.7 Å². The van der Waals surface area contributed by atoms with Crippen molar-refractivity contribution in [1.82, 2.24) is 4.57 Å². The normalized spacial score (nSPS) is 10.5. The maximum atomic E-state index is 12.5. The van der Waals surface area contributed by atoms with Gasteiger partial charge in [0, 0.05) is 34.0 Å². The summed E-state index contributed by atoms with van der Waals surface area (Å²) in [7, 11) is 1.52. The first kappa shape index (κ1) is 16.6. The van der Waals surface area contributed by atoms with Crippen LogP contribution in [0.1, 0.15) is 22.4 Å². The van der Waals surface area contributed by atoms with Crippen LogP contribution in [0, 0.1) is 18.3 Å². The molecule has 0 amide bonds. The third-order valence-corrected chi connectivity index (χ3v) is 4.09. The van der Waals surface area contributed by atoms with E-state index in [1.165, 1.54) is 11.7 Å². The molecule has 22 heavy (non-hydrogen) atoms. The summed E-state index contributed by atoms with van der Waals surface area (Å²) in [5, 5.41) is 10.2. The number of halogens is 2. The second kappa shape index (κ2) is 6.97. The topological polar surface area (TPSA) is 55.0 Å². The van der Waals surface area contributed by atoms with Crippen LogP contribution >= 0.6 is 23.2 Å².